The van der Waals surface area contributed by atoms with Gasteiger partial charge in [-0.2, -0.15) is 0 Å². The van der Waals surface area contributed by atoms with E-state index < -0.39 is 18.0 Å². The molecular formula is C24H25FN4O4. The van der Waals surface area contributed by atoms with E-state index in [0.717, 1.165) is 21.4 Å². The average molecular weight is 452 g/mol. The van der Waals surface area contributed by atoms with Crippen LogP contribution in [0.15, 0.2) is 54.7 Å². The van der Waals surface area contributed by atoms with E-state index in [2.05, 4.69) is 10.6 Å². The summed E-state index contributed by atoms with van der Waals surface area (Å²) >= 11 is 0. The lowest BCUT2D eigenvalue weighted by Crippen LogP contribution is -2.37. The molecule has 0 unspecified atom stereocenters. The van der Waals surface area contributed by atoms with Crippen LogP contribution in [0.1, 0.15) is 12.0 Å². The fraction of sp³-hybridized carbons (Fsp3) is 0.292. The molecule has 2 aromatic carbocycles. The van der Waals surface area contributed by atoms with E-state index in [9.17, 15) is 18.8 Å². The van der Waals surface area contributed by atoms with Crippen molar-refractivity contribution in [3.8, 4) is 5.75 Å². The van der Waals surface area contributed by atoms with Crippen LogP contribution in [0.3, 0.4) is 0 Å². The molecule has 1 aliphatic heterocycles. The van der Waals surface area contributed by atoms with Gasteiger partial charge in [-0.25, -0.2) is 9.18 Å². The number of imide groups is 1. The van der Waals surface area contributed by atoms with E-state index in [1.807, 2.05) is 41.1 Å². The minimum atomic E-state index is -0.892. The van der Waals surface area contributed by atoms with Crippen LogP contribution in [0.25, 0.3) is 10.9 Å². The molecule has 0 aliphatic carbocycles. The first-order valence-electron chi connectivity index (χ1n) is 10.7. The van der Waals surface area contributed by atoms with Crippen LogP contribution in [-0.2, 0) is 22.6 Å². The van der Waals surface area contributed by atoms with Gasteiger partial charge in [-0.15, -0.1) is 0 Å². The second-order valence-corrected chi connectivity index (χ2v) is 7.82. The van der Waals surface area contributed by atoms with Crippen LogP contribution in [0, 0.1) is 5.82 Å². The second kappa shape index (κ2) is 9.72. The Bertz CT molecular complexity index is 1190. The third kappa shape index (κ3) is 4.97. The monoisotopic (exact) mass is 452 g/mol. The van der Waals surface area contributed by atoms with Crippen molar-refractivity contribution >= 4 is 28.7 Å². The van der Waals surface area contributed by atoms with Crippen molar-refractivity contribution in [3.63, 3.8) is 0 Å². The molecule has 0 bridgehead atoms. The van der Waals surface area contributed by atoms with E-state index in [4.69, 9.17) is 4.74 Å². The molecule has 1 fully saturated rings. The zero-order valence-corrected chi connectivity index (χ0v) is 18.2. The minimum Gasteiger partial charge on any atom is -0.496 e. The maximum Gasteiger partial charge on any atom is 0.324 e. The zero-order valence-electron chi connectivity index (χ0n) is 18.2. The van der Waals surface area contributed by atoms with Gasteiger partial charge in [0, 0.05) is 25.8 Å². The lowest BCUT2D eigenvalue weighted by molar-refractivity contribution is -0.130. The van der Waals surface area contributed by atoms with E-state index in [1.54, 1.807) is 13.2 Å². The number of nitrogens with zero attached hydrogens (tertiary/aromatic N) is 2. The maximum atomic E-state index is 13.5. The predicted molar refractivity (Wildman–Crippen MR) is 120 cm³/mol. The van der Waals surface area contributed by atoms with Gasteiger partial charge in [0.1, 0.15) is 17.6 Å². The summed E-state index contributed by atoms with van der Waals surface area (Å²) in [4.78, 5) is 38.4. The van der Waals surface area contributed by atoms with Gasteiger partial charge in [-0.3, -0.25) is 14.5 Å². The second-order valence-electron chi connectivity index (χ2n) is 7.82. The van der Waals surface area contributed by atoms with Gasteiger partial charge < -0.3 is 19.9 Å². The predicted octanol–water partition coefficient (Wildman–Crippen LogP) is 2.46. The summed E-state index contributed by atoms with van der Waals surface area (Å²) in [5.41, 5.74) is 1.63. The van der Waals surface area contributed by atoms with Gasteiger partial charge in [0.15, 0.2) is 0 Å². The molecule has 172 valence electrons. The summed E-state index contributed by atoms with van der Waals surface area (Å²) in [6, 6.07) is 12.4. The third-order valence-electron chi connectivity index (χ3n) is 5.70. The van der Waals surface area contributed by atoms with Crippen molar-refractivity contribution < 1.29 is 23.5 Å². The molecule has 0 radical (unpaired) electrons. The summed E-state index contributed by atoms with van der Waals surface area (Å²) in [7, 11) is 1.57. The van der Waals surface area contributed by atoms with Crippen molar-refractivity contribution in [2.75, 3.05) is 20.2 Å². The molecule has 2 heterocycles. The number of aromatic nitrogens is 1. The quantitative estimate of drug-likeness (QED) is 0.488. The van der Waals surface area contributed by atoms with E-state index in [1.165, 1.54) is 12.1 Å². The van der Waals surface area contributed by atoms with E-state index in [0.29, 0.717) is 25.3 Å². The fourth-order valence-electron chi connectivity index (χ4n) is 3.99. The molecule has 0 spiro atoms. The molecule has 1 atom stereocenters. The molecule has 0 saturated carbocycles. The molecular weight excluding hydrogens is 427 g/mol. The van der Waals surface area contributed by atoms with Crippen molar-refractivity contribution in [1.29, 1.82) is 0 Å². The van der Waals surface area contributed by atoms with Gasteiger partial charge in [-0.1, -0.05) is 18.2 Å². The number of carbonyl (C=O) groups is 3. The lowest BCUT2D eigenvalue weighted by Gasteiger charge is -2.14. The SMILES string of the molecule is COc1ccccc1CCN1C(=O)N[C@@H](CC(=O)NCCn2ccc3ccc(F)cc32)C1=O. The Morgan fingerprint density at radius 1 is 1.15 bits per heavy atom. The Morgan fingerprint density at radius 2 is 1.97 bits per heavy atom. The van der Waals surface area contributed by atoms with Crippen molar-refractivity contribution in [1.82, 2.24) is 20.1 Å². The van der Waals surface area contributed by atoms with Gasteiger partial charge in [0.2, 0.25) is 5.91 Å². The average Bonchev–Trinajstić information content (AvgIpc) is 3.32. The van der Waals surface area contributed by atoms with Crippen LogP contribution < -0.4 is 15.4 Å². The summed E-state index contributed by atoms with van der Waals surface area (Å²) in [5.74, 6) is -0.393. The molecule has 1 aliphatic rings. The normalized spacial score (nSPS) is 15.7. The molecule has 2 N–H and O–H groups in total. The number of hydrogen-bond acceptors (Lipinski definition) is 4. The minimum absolute atomic E-state index is 0.142. The molecule has 1 aromatic heterocycles. The van der Waals surface area contributed by atoms with Crippen molar-refractivity contribution in [3.05, 3.63) is 66.1 Å². The van der Waals surface area contributed by atoms with Crippen LogP contribution in [0.2, 0.25) is 0 Å². The van der Waals surface area contributed by atoms with E-state index in [-0.39, 0.29) is 24.7 Å². The number of benzene rings is 2. The summed E-state index contributed by atoms with van der Waals surface area (Å²) in [6.07, 6.45) is 2.14. The number of fused-ring (bicyclic) bond motifs is 1. The number of ether oxygens (including phenoxy) is 1. The smallest absolute Gasteiger partial charge is 0.324 e. The maximum absolute atomic E-state index is 13.5. The summed E-state index contributed by atoms with van der Waals surface area (Å²) in [6.45, 7) is 0.959. The van der Waals surface area contributed by atoms with Gasteiger partial charge in [-0.05, 0) is 47.7 Å². The zero-order chi connectivity index (χ0) is 23.4. The molecule has 4 rings (SSSR count). The van der Waals surface area contributed by atoms with Crippen LogP contribution >= 0.6 is 0 Å². The number of nitrogens with one attached hydrogen (secondary N) is 2. The number of halogens is 1. The number of hydrogen-bond donors (Lipinski definition) is 2. The molecule has 4 amide bonds. The first-order chi connectivity index (χ1) is 16.0. The highest BCUT2D eigenvalue weighted by Crippen LogP contribution is 2.20. The summed E-state index contributed by atoms with van der Waals surface area (Å²) < 4.78 is 20.7. The topological polar surface area (TPSA) is 92.7 Å². The molecule has 33 heavy (non-hydrogen) atoms. The first kappa shape index (κ1) is 22.3. The highest BCUT2D eigenvalue weighted by molar-refractivity contribution is 6.05. The Kier molecular flexibility index (Phi) is 6.58. The van der Waals surface area contributed by atoms with Crippen molar-refractivity contribution in [2.24, 2.45) is 0 Å². The Labute approximate surface area is 190 Å². The largest absolute Gasteiger partial charge is 0.496 e. The van der Waals surface area contributed by atoms with Crippen LogP contribution in [0.4, 0.5) is 9.18 Å². The lowest BCUT2D eigenvalue weighted by atomic mass is 10.1. The number of methoxy groups -OCH3 is 1. The number of amides is 4. The van der Waals surface area contributed by atoms with Crippen molar-refractivity contribution in [2.45, 2.75) is 25.4 Å². The molecule has 3 aromatic rings. The van der Waals surface area contributed by atoms with E-state index >= 15 is 0 Å². The molecule has 1 saturated heterocycles. The Morgan fingerprint density at radius 3 is 2.79 bits per heavy atom. The molecule has 8 nitrogen and oxygen atoms in total. The van der Waals surface area contributed by atoms with Crippen LogP contribution in [0.5, 0.6) is 5.75 Å². The number of urea groups is 1. The Balaban J connectivity index is 1.27. The van der Waals surface area contributed by atoms with Gasteiger partial charge >= 0.3 is 6.03 Å². The number of rotatable bonds is 9. The van der Waals surface area contributed by atoms with Crippen LogP contribution in [-0.4, -0.2) is 53.6 Å². The van der Waals surface area contributed by atoms with Gasteiger partial charge in [0.05, 0.1) is 19.0 Å². The number of carbonyl (C=O) groups excluding carboxylic acids is 3. The molecule has 9 heteroatoms. The number of para-hydroxylation sites is 1. The first-order valence-corrected chi connectivity index (χ1v) is 10.7. The highest BCUT2D eigenvalue weighted by atomic mass is 19.1. The fourth-order valence-corrected chi connectivity index (χ4v) is 3.99. The highest BCUT2D eigenvalue weighted by Gasteiger charge is 2.38. The summed E-state index contributed by atoms with van der Waals surface area (Å²) in [5, 5.41) is 6.25. The van der Waals surface area contributed by atoms with Gasteiger partial charge in [0.25, 0.3) is 5.91 Å². The standard InChI is InChI=1S/C24H25FN4O4/c1-33-21-5-3-2-4-17(21)9-12-29-23(31)19(27-24(29)32)15-22(30)26-10-13-28-11-8-16-6-7-18(25)14-20(16)28/h2-8,11,14,19H,9-10,12-13,15H2,1H3,(H,26,30)(H,27,32)/t19-/m0/s1. The third-order valence-corrected chi connectivity index (χ3v) is 5.70. The Hall–Kier alpha value is -3.88.